The van der Waals surface area contributed by atoms with Gasteiger partial charge in [-0.25, -0.2) is 9.37 Å². The first-order chi connectivity index (χ1) is 8.61. The van der Waals surface area contributed by atoms with Crippen LogP contribution in [-0.2, 0) is 6.61 Å². The largest absolute Gasteiger partial charge is 0.392 e. The molecule has 1 aromatic heterocycles. The molecule has 1 aromatic carbocycles. The first kappa shape index (κ1) is 12.5. The highest BCUT2D eigenvalue weighted by Gasteiger charge is 2.11. The Hall–Kier alpha value is -1.94. The van der Waals surface area contributed by atoms with E-state index in [1.54, 1.807) is 42.3 Å². The molecule has 0 aliphatic rings. The second-order valence-electron chi connectivity index (χ2n) is 4.14. The highest BCUT2D eigenvalue weighted by atomic mass is 19.1. The summed E-state index contributed by atoms with van der Waals surface area (Å²) in [5.41, 5.74) is 2.01. The first-order valence-corrected chi connectivity index (χ1v) is 5.68. The zero-order valence-corrected chi connectivity index (χ0v) is 10.4. The third-order valence-electron chi connectivity index (χ3n) is 2.74. The highest BCUT2D eigenvalue weighted by molar-refractivity contribution is 5.60. The molecule has 2 rings (SSSR count). The number of benzene rings is 1. The Labute approximate surface area is 106 Å². The van der Waals surface area contributed by atoms with Crippen LogP contribution in [-0.4, -0.2) is 17.1 Å². The van der Waals surface area contributed by atoms with E-state index in [9.17, 15) is 9.50 Å². The zero-order chi connectivity index (χ0) is 13.1. The number of aromatic nitrogens is 1. The van der Waals surface area contributed by atoms with Gasteiger partial charge in [0.15, 0.2) is 0 Å². The summed E-state index contributed by atoms with van der Waals surface area (Å²) >= 11 is 0. The highest BCUT2D eigenvalue weighted by Crippen LogP contribution is 2.25. The molecule has 0 amide bonds. The maximum atomic E-state index is 13.7. The van der Waals surface area contributed by atoms with Crippen molar-refractivity contribution >= 4 is 11.5 Å². The zero-order valence-electron chi connectivity index (χ0n) is 10.4. The third kappa shape index (κ3) is 2.49. The topological polar surface area (TPSA) is 36.4 Å². The number of hydrogen-bond acceptors (Lipinski definition) is 3. The summed E-state index contributed by atoms with van der Waals surface area (Å²) in [7, 11) is 1.75. The van der Waals surface area contributed by atoms with Crippen LogP contribution in [0, 0.1) is 12.7 Å². The van der Waals surface area contributed by atoms with E-state index in [-0.39, 0.29) is 12.4 Å². The van der Waals surface area contributed by atoms with Crippen LogP contribution in [0.2, 0.25) is 0 Å². The van der Waals surface area contributed by atoms with Gasteiger partial charge in [-0.05, 0) is 36.8 Å². The second kappa shape index (κ2) is 5.14. The normalized spacial score (nSPS) is 10.4. The summed E-state index contributed by atoms with van der Waals surface area (Å²) in [6.45, 7) is 1.79. The lowest BCUT2D eigenvalue weighted by atomic mass is 10.2. The van der Waals surface area contributed by atoms with Gasteiger partial charge < -0.3 is 10.0 Å². The van der Waals surface area contributed by atoms with Crippen LogP contribution < -0.4 is 4.90 Å². The Morgan fingerprint density at radius 2 is 2.00 bits per heavy atom. The number of aliphatic hydroxyl groups is 1. The van der Waals surface area contributed by atoms with Crippen molar-refractivity contribution in [2.24, 2.45) is 0 Å². The van der Waals surface area contributed by atoms with Gasteiger partial charge in [0.1, 0.15) is 11.6 Å². The molecular weight excluding hydrogens is 231 g/mol. The van der Waals surface area contributed by atoms with Crippen molar-refractivity contribution in [3.63, 3.8) is 0 Å². The van der Waals surface area contributed by atoms with E-state index in [2.05, 4.69) is 4.98 Å². The monoisotopic (exact) mass is 246 g/mol. The molecular formula is C14H15FN2O. The van der Waals surface area contributed by atoms with Crippen LogP contribution in [0.3, 0.4) is 0 Å². The van der Waals surface area contributed by atoms with Crippen LogP contribution >= 0.6 is 0 Å². The Balaban J connectivity index is 2.43. The molecule has 2 aromatic rings. The molecule has 1 N–H and O–H groups in total. The summed E-state index contributed by atoms with van der Waals surface area (Å²) in [6.07, 6.45) is 0. The standard InChI is InChI=1S/C14H15FN2O/c1-10-7-11(9-18)8-14(16-10)17(2)13-6-4-3-5-12(13)15/h3-8,18H,9H2,1-2H3. The van der Waals surface area contributed by atoms with Crippen molar-refractivity contribution in [2.45, 2.75) is 13.5 Å². The average Bonchev–Trinajstić information content (AvgIpc) is 2.37. The fourth-order valence-electron chi connectivity index (χ4n) is 1.83. The number of aryl methyl sites for hydroxylation is 1. The molecule has 0 aliphatic carbocycles. The van der Waals surface area contributed by atoms with E-state index >= 15 is 0 Å². The molecule has 0 saturated carbocycles. The van der Waals surface area contributed by atoms with Gasteiger partial charge in [-0.1, -0.05) is 12.1 Å². The Morgan fingerprint density at radius 1 is 1.28 bits per heavy atom. The van der Waals surface area contributed by atoms with Crippen LogP contribution in [0.25, 0.3) is 0 Å². The lowest BCUT2D eigenvalue weighted by molar-refractivity contribution is 0.281. The van der Waals surface area contributed by atoms with Gasteiger partial charge in [-0.15, -0.1) is 0 Å². The van der Waals surface area contributed by atoms with Gasteiger partial charge in [-0.2, -0.15) is 0 Å². The SMILES string of the molecule is Cc1cc(CO)cc(N(C)c2ccccc2F)n1. The maximum absolute atomic E-state index is 13.7. The average molecular weight is 246 g/mol. The van der Waals surface area contributed by atoms with Crippen molar-refractivity contribution in [2.75, 3.05) is 11.9 Å². The fourth-order valence-corrected chi connectivity index (χ4v) is 1.83. The van der Waals surface area contributed by atoms with Crippen LogP contribution in [0.1, 0.15) is 11.3 Å². The number of halogens is 1. The molecule has 0 bridgehead atoms. The number of nitrogens with zero attached hydrogens (tertiary/aromatic N) is 2. The minimum absolute atomic E-state index is 0.0541. The lowest BCUT2D eigenvalue weighted by Gasteiger charge is -2.20. The van der Waals surface area contributed by atoms with E-state index in [1.165, 1.54) is 6.07 Å². The molecule has 0 saturated heterocycles. The molecule has 0 spiro atoms. The second-order valence-corrected chi connectivity index (χ2v) is 4.14. The van der Waals surface area contributed by atoms with Gasteiger partial charge >= 0.3 is 0 Å². The van der Waals surface area contributed by atoms with Crippen LogP contribution in [0.4, 0.5) is 15.9 Å². The number of rotatable bonds is 3. The molecule has 0 radical (unpaired) electrons. The van der Waals surface area contributed by atoms with Gasteiger partial charge in [-0.3, -0.25) is 0 Å². The van der Waals surface area contributed by atoms with Crippen LogP contribution in [0.15, 0.2) is 36.4 Å². The van der Waals surface area contributed by atoms with E-state index in [1.807, 2.05) is 6.92 Å². The summed E-state index contributed by atoms with van der Waals surface area (Å²) < 4.78 is 13.7. The number of aliphatic hydroxyl groups excluding tert-OH is 1. The van der Waals surface area contributed by atoms with Gasteiger partial charge in [0.2, 0.25) is 0 Å². The molecule has 0 fully saturated rings. The van der Waals surface area contributed by atoms with E-state index in [0.717, 1.165) is 11.3 Å². The Morgan fingerprint density at radius 3 is 2.67 bits per heavy atom. The molecule has 1 heterocycles. The molecule has 0 unspecified atom stereocenters. The maximum Gasteiger partial charge on any atom is 0.146 e. The molecule has 0 atom stereocenters. The smallest absolute Gasteiger partial charge is 0.146 e. The van der Waals surface area contributed by atoms with E-state index in [0.29, 0.717) is 11.5 Å². The van der Waals surface area contributed by atoms with Gasteiger partial charge in [0, 0.05) is 12.7 Å². The lowest BCUT2D eigenvalue weighted by Crippen LogP contribution is -2.13. The quantitative estimate of drug-likeness (QED) is 0.904. The summed E-state index contributed by atoms with van der Waals surface area (Å²) in [5, 5.41) is 9.17. The molecule has 18 heavy (non-hydrogen) atoms. The van der Waals surface area contributed by atoms with Crippen molar-refractivity contribution < 1.29 is 9.50 Å². The number of hydrogen-bond donors (Lipinski definition) is 1. The summed E-state index contributed by atoms with van der Waals surface area (Å²) in [6, 6.07) is 10.1. The number of anilines is 2. The molecule has 3 nitrogen and oxygen atoms in total. The van der Waals surface area contributed by atoms with Gasteiger partial charge in [0.25, 0.3) is 0 Å². The fraction of sp³-hybridized carbons (Fsp3) is 0.214. The van der Waals surface area contributed by atoms with Crippen molar-refractivity contribution in [1.82, 2.24) is 4.98 Å². The van der Waals surface area contributed by atoms with E-state index in [4.69, 9.17) is 0 Å². The van der Waals surface area contributed by atoms with Gasteiger partial charge in [0.05, 0.1) is 12.3 Å². The van der Waals surface area contributed by atoms with Crippen molar-refractivity contribution in [1.29, 1.82) is 0 Å². The van der Waals surface area contributed by atoms with Crippen molar-refractivity contribution in [3.8, 4) is 0 Å². The summed E-state index contributed by atoms with van der Waals surface area (Å²) in [5.74, 6) is 0.318. The third-order valence-corrected chi connectivity index (χ3v) is 2.74. The van der Waals surface area contributed by atoms with Crippen molar-refractivity contribution in [3.05, 3.63) is 53.5 Å². The molecule has 4 heteroatoms. The molecule has 0 aliphatic heterocycles. The first-order valence-electron chi connectivity index (χ1n) is 5.68. The molecule has 94 valence electrons. The van der Waals surface area contributed by atoms with E-state index < -0.39 is 0 Å². The predicted molar refractivity (Wildman–Crippen MR) is 69.4 cm³/mol. The Kier molecular flexibility index (Phi) is 3.58. The summed E-state index contributed by atoms with van der Waals surface area (Å²) in [4.78, 5) is 6.02. The minimum Gasteiger partial charge on any atom is -0.392 e. The minimum atomic E-state index is -0.297. The number of pyridine rings is 1. The predicted octanol–water partition coefficient (Wildman–Crippen LogP) is 2.79. The van der Waals surface area contributed by atoms with Crippen LogP contribution in [0.5, 0.6) is 0 Å². The number of para-hydroxylation sites is 1. The Bertz CT molecular complexity index is 557.